The quantitative estimate of drug-likeness (QED) is 0.742. The molecule has 3 aromatic heterocycles. The van der Waals surface area contributed by atoms with Gasteiger partial charge in [-0.2, -0.15) is 5.10 Å². The van der Waals surface area contributed by atoms with Gasteiger partial charge in [0.25, 0.3) is 0 Å². The van der Waals surface area contributed by atoms with Crippen LogP contribution in [0.3, 0.4) is 0 Å². The number of thiophene rings is 1. The van der Waals surface area contributed by atoms with Crippen LogP contribution >= 0.6 is 11.3 Å². The average Bonchev–Trinajstić information content (AvgIpc) is 2.88. The van der Waals surface area contributed by atoms with E-state index in [1.807, 2.05) is 13.8 Å². The van der Waals surface area contributed by atoms with Gasteiger partial charge in [0.2, 0.25) is 0 Å². The summed E-state index contributed by atoms with van der Waals surface area (Å²) < 4.78 is 0.986. The molecule has 3 saturated carbocycles. The molecule has 128 valence electrons. The van der Waals surface area contributed by atoms with Crippen molar-refractivity contribution in [3.05, 3.63) is 17.6 Å². The number of carbonyl (C=O) groups is 1. The van der Waals surface area contributed by atoms with Gasteiger partial charge in [0.15, 0.2) is 0 Å². The van der Waals surface area contributed by atoms with Crippen molar-refractivity contribution in [1.29, 1.82) is 0 Å². The Kier molecular flexibility index (Phi) is 2.77. The van der Waals surface area contributed by atoms with Gasteiger partial charge in [-0.3, -0.25) is 4.79 Å². The third-order valence-corrected chi connectivity index (χ3v) is 6.96. The highest BCUT2D eigenvalue weighted by atomic mass is 32.1. The van der Waals surface area contributed by atoms with Gasteiger partial charge < -0.3 is 10.4 Å². The zero-order valence-electron chi connectivity index (χ0n) is 14.0. The number of carboxylic acid groups (broad SMARTS) is 1. The smallest absolute Gasteiger partial charge is 0.309 e. The Hall–Kier alpha value is -2.35. The fourth-order valence-corrected chi connectivity index (χ4v) is 5.59. The number of rotatable bonds is 4. The molecule has 0 atom stereocenters. The minimum Gasteiger partial charge on any atom is -0.481 e. The molecule has 3 aromatic rings. The second-order valence-electron chi connectivity index (χ2n) is 7.56. The highest BCUT2D eigenvalue weighted by Crippen LogP contribution is 2.73. The highest BCUT2D eigenvalue weighted by molar-refractivity contribution is 7.25. The second-order valence-corrected chi connectivity index (χ2v) is 8.56. The minimum atomic E-state index is -0.646. The van der Waals surface area contributed by atoms with E-state index in [2.05, 4.69) is 25.5 Å². The third-order valence-electron chi connectivity index (χ3n) is 5.89. The number of aryl methyl sites for hydroxylation is 2. The van der Waals surface area contributed by atoms with E-state index in [1.54, 1.807) is 17.7 Å². The molecular weight excluding hydrogens is 338 g/mol. The van der Waals surface area contributed by atoms with Crippen LogP contribution in [0.25, 0.3) is 20.4 Å². The van der Waals surface area contributed by atoms with Gasteiger partial charge in [0, 0.05) is 11.9 Å². The maximum absolute atomic E-state index is 11.2. The van der Waals surface area contributed by atoms with Gasteiger partial charge in [-0.05, 0) is 44.1 Å². The first-order valence-electron chi connectivity index (χ1n) is 8.28. The molecule has 3 fully saturated rings. The fraction of sp³-hybridized carbons (Fsp3) is 0.471. The molecule has 0 amide bonds. The van der Waals surface area contributed by atoms with Gasteiger partial charge in [0.1, 0.15) is 17.0 Å². The van der Waals surface area contributed by atoms with Gasteiger partial charge in [-0.15, -0.1) is 16.4 Å². The Morgan fingerprint density at radius 1 is 1.28 bits per heavy atom. The lowest BCUT2D eigenvalue weighted by Gasteiger charge is -2.68. The Bertz CT molecular complexity index is 1040. The standard InChI is InChI=1S/C17H17N5O2S/c1-8-9(2)21-22-14-10(8)11-12(25-14)13(20-7-19-11)18-6-16-3-17(4-16,5-16)15(23)24/h7H,3-6H2,1-2H3,(H,23,24)(H,18,19,20). The molecule has 3 aliphatic rings. The van der Waals surface area contributed by atoms with E-state index in [0.29, 0.717) is 0 Å². The first-order chi connectivity index (χ1) is 11.9. The lowest BCUT2D eigenvalue weighted by atomic mass is 9.35. The number of nitrogens with one attached hydrogen (secondary N) is 1. The highest BCUT2D eigenvalue weighted by Gasteiger charge is 2.71. The van der Waals surface area contributed by atoms with Crippen LogP contribution in [0.1, 0.15) is 30.5 Å². The molecule has 0 radical (unpaired) electrons. The van der Waals surface area contributed by atoms with Crippen LogP contribution in [-0.2, 0) is 4.79 Å². The van der Waals surface area contributed by atoms with E-state index in [9.17, 15) is 9.90 Å². The molecular formula is C17H17N5O2S. The molecule has 6 rings (SSSR count). The average molecular weight is 355 g/mol. The van der Waals surface area contributed by atoms with Crippen LogP contribution in [-0.4, -0.2) is 37.8 Å². The first kappa shape index (κ1) is 14.9. The van der Waals surface area contributed by atoms with E-state index >= 15 is 0 Å². The van der Waals surface area contributed by atoms with Crippen molar-refractivity contribution < 1.29 is 9.90 Å². The Labute approximate surface area is 147 Å². The summed E-state index contributed by atoms with van der Waals surface area (Å²) in [4.78, 5) is 21.0. The van der Waals surface area contributed by atoms with Gasteiger partial charge in [-0.1, -0.05) is 0 Å². The van der Waals surface area contributed by atoms with Gasteiger partial charge in [0.05, 0.1) is 21.3 Å². The van der Waals surface area contributed by atoms with E-state index in [0.717, 1.165) is 63.3 Å². The van der Waals surface area contributed by atoms with Crippen LogP contribution in [0.15, 0.2) is 6.33 Å². The molecule has 0 aromatic carbocycles. The summed E-state index contributed by atoms with van der Waals surface area (Å²) in [5.74, 6) is 0.159. The molecule has 3 heterocycles. The molecule has 2 N–H and O–H groups in total. The molecule has 0 saturated heterocycles. The van der Waals surface area contributed by atoms with Crippen LogP contribution in [0.5, 0.6) is 0 Å². The van der Waals surface area contributed by atoms with Crippen molar-refractivity contribution in [2.75, 3.05) is 11.9 Å². The normalized spacial score (nSPS) is 27.1. The van der Waals surface area contributed by atoms with Gasteiger partial charge in [-0.25, -0.2) is 9.97 Å². The maximum atomic E-state index is 11.2. The topological polar surface area (TPSA) is 101 Å². The van der Waals surface area contributed by atoms with Crippen molar-refractivity contribution in [2.45, 2.75) is 33.1 Å². The number of hydrogen-bond acceptors (Lipinski definition) is 7. The summed E-state index contributed by atoms with van der Waals surface area (Å²) in [5, 5.41) is 22.2. The van der Waals surface area contributed by atoms with Crippen molar-refractivity contribution in [1.82, 2.24) is 20.2 Å². The summed E-state index contributed by atoms with van der Waals surface area (Å²) >= 11 is 1.55. The second kappa shape index (κ2) is 4.63. The molecule has 7 nitrogen and oxygen atoms in total. The van der Waals surface area contributed by atoms with Crippen LogP contribution in [0.2, 0.25) is 0 Å². The summed E-state index contributed by atoms with van der Waals surface area (Å²) in [6.45, 7) is 4.75. The first-order valence-corrected chi connectivity index (χ1v) is 9.09. The molecule has 2 bridgehead atoms. The van der Waals surface area contributed by atoms with Gasteiger partial charge >= 0.3 is 5.97 Å². The van der Waals surface area contributed by atoms with E-state index in [4.69, 9.17) is 0 Å². The number of nitrogens with zero attached hydrogens (tertiary/aromatic N) is 4. The number of carboxylic acids is 1. The SMILES string of the molecule is Cc1nnc2sc3c(NCC45CC(C(=O)O)(C4)C5)ncnc3c2c1C. The van der Waals surface area contributed by atoms with E-state index in [-0.39, 0.29) is 5.41 Å². The van der Waals surface area contributed by atoms with Crippen molar-refractivity contribution in [3.63, 3.8) is 0 Å². The molecule has 0 unspecified atom stereocenters. The predicted molar refractivity (Wildman–Crippen MR) is 94.8 cm³/mol. The fourth-order valence-electron chi connectivity index (χ4n) is 4.49. The largest absolute Gasteiger partial charge is 0.481 e. The number of fused-ring (bicyclic) bond motifs is 3. The Morgan fingerprint density at radius 2 is 2.04 bits per heavy atom. The Morgan fingerprint density at radius 3 is 2.76 bits per heavy atom. The summed E-state index contributed by atoms with van der Waals surface area (Å²) in [5.41, 5.74) is 2.60. The summed E-state index contributed by atoms with van der Waals surface area (Å²) in [6.07, 6.45) is 3.89. The molecule has 0 aliphatic heterocycles. The van der Waals surface area contributed by atoms with Crippen LogP contribution in [0.4, 0.5) is 5.82 Å². The zero-order chi connectivity index (χ0) is 17.4. The summed E-state index contributed by atoms with van der Waals surface area (Å²) in [7, 11) is 0. The number of anilines is 1. The third kappa shape index (κ3) is 1.88. The van der Waals surface area contributed by atoms with E-state index in [1.165, 1.54) is 0 Å². The monoisotopic (exact) mass is 355 g/mol. The van der Waals surface area contributed by atoms with Crippen molar-refractivity contribution in [3.8, 4) is 0 Å². The van der Waals surface area contributed by atoms with Crippen molar-refractivity contribution >= 4 is 43.6 Å². The number of aliphatic carboxylic acids is 1. The lowest BCUT2D eigenvalue weighted by Crippen LogP contribution is -2.67. The van der Waals surface area contributed by atoms with Crippen LogP contribution in [0, 0.1) is 24.7 Å². The van der Waals surface area contributed by atoms with E-state index < -0.39 is 11.4 Å². The molecule has 0 spiro atoms. The maximum Gasteiger partial charge on any atom is 0.309 e. The zero-order valence-corrected chi connectivity index (χ0v) is 14.8. The van der Waals surface area contributed by atoms with Crippen LogP contribution < -0.4 is 5.32 Å². The molecule has 8 heteroatoms. The molecule has 25 heavy (non-hydrogen) atoms. The number of aromatic nitrogens is 4. The number of hydrogen-bond donors (Lipinski definition) is 2. The minimum absolute atomic E-state index is 0.124. The lowest BCUT2D eigenvalue weighted by molar-refractivity contribution is -0.217. The predicted octanol–water partition coefficient (Wildman–Crippen LogP) is 2.92. The van der Waals surface area contributed by atoms with Crippen molar-refractivity contribution in [2.24, 2.45) is 10.8 Å². The summed E-state index contributed by atoms with van der Waals surface area (Å²) in [6, 6.07) is 0. The molecule has 3 aliphatic carbocycles. The Balaban J connectivity index is 1.47.